The van der Waals surface area contributed by atoms with Crippen molar-refractivity contribution in [3.8, 4) is 0 Å². The quantitative estimate of drug-likeness (QED) is 0.882. The third kappa shape index (κ3) is 2.36. The molecule has 0 aliphatic carbocycles. The second-order valence-corrected chi connectivity index (χ2v) is 4.17. The molecular formula is C13H16FN3. The minimum Gasteiger partial charge on any atom is -0.330 e. The van der Waals surface area contributed by atoms with E-state index in [2.05, 4.69) is 4.98 Å². The van der Waals surface area contributed by atoms with Crippen LogP contribution in [0.25, 0.3) is 0 Å². The lowest BCUT2D eigenvalue weighted by Gasteiger charge is -2.08. The highest BCUT2D eigenvalue weighted by Crippen LogP contribution is 2.14. The van der Waals surface area contributed by atoms with Crippen molar-refractivity contribution in [3.63, 3.8) is 0 Å². The largest absolute Gasteiger partial charge is 0.330 e. The number of nitrogens with zero attached hydrogens (tertiary/aromatic N) is 2. The molecule has 0 atom stereocenters. The van der Waals surface area contributed by atoms with E-state index in [9.17, 15) is 4.39 Å². The van der Waals surface area contributed by atoms with Crippen LogP contribution in [0.1, 0.15) is 22.5 Å². The molecule has 4 heteroatoms. The summed E-state index contributed by atoms with van der Waals surface area (Å²) in [5.74, 6) is -0.210. The molecule has 0 bridgehead atoms. The fourth-order valence-electron chi connectivity index (χ4n) is 1.73. The van der Waals surface area contributed by atoms with Gasteiger partial charge >= 0.3 is 0 Å². The zero-order valence-electron chi connectivity index (χ0n) is 10.1. The van der Waals surface area contributed by atoms with Crippen LogP contribution in [0.3, 0.4) is 0 Å². The Balaban J connectivity index is 2.27. The van der Waals surface area contributed by atoms with Crippen molar-refractivity contribution in [1.82, 2.24) is 9.55 Å². The number of rotatable bonds is 3. The van der Waals surface area contributed by atoms with Crippen LogP contribution >= 0.6 is 0 Å². The Labute approximate surface area is 100 Å². The highest BCUT2D eigenvalue weighted by Gasteiger charge is 2.07. The molecule has 0 radical (unpaired) electrons. The highest BCUT2D eigenvalue weighted by atomic mass is 19.1. The van der Waals surface area contributed by atoms with Crippen LogP contribution in [0, 0.1) is 19.7 Å². The van der Waals surface area contributed by atoms with Crippen molar-refractivity contribution in [1.29, 1.82) is 0 Å². The predicted octanol–water partition coefficient (Wildman–Crippen LogP) is 2.15. The zero-order chi connectivity index (χ0) is 12.4. The maximum Gasteiger partial charge on any atom is 0.128 e. The lowest BCUT2D eigenvalue weighted by Crippen LogP contribution is -2.04. The molecule has 2 N–H and O–H groups in total. The number of hydrogen-bond acceptors (Lipinski definition) is 2. The molecule has 0 saturated carbocycles. The van der Waals surface area contributed by atoms with Gasteiger partial charge in [0.15, 0.2) is 0 Å². The first-order valence-electron chi connectivity index (χ1n) is 5.57. The summed E-state index contributed by atoms with van der Waals surface area (Å²) >= 11 is 0. The third-order valence-electron chi connectivity index (χ3n) is 3.04. The SMILES string of the molecule is Cc1ncn(Cc2ccc(CN)cc2F)c1C. The normalized spacial score (nSPS) is 10.8. The van der Waals surface area contributed by atoms with E-state index in [0.29, 0.717) is 18.7 Å². The monoisotopic (exact) mass is 233 g/mol. The van der Waals surface area contributed by atoms with Crippen LogP contribution in [0.15, 0.2) is 24.5 Å². The lowest BCUT2D eigenvalue weighted by atomic mass is 10.1. The third-order valence-corrected chi connectivity index (χ3v) is 3.04. The standard InChI is InChI=1S/C13H16FN3/c1-9-10(2)17(8-16-9)7-12-4-3-11(6-15)5-13(12)14/h3-5,8H,6-7,15H2,1-2H3. The molecule has 17 heavy (non-hydrogen) atoms. The smallest absolute Gasteiger partial charge is 0.128 e. The Bertz CT molecular complexity index is 531. The van der Waals surface area contributed by atoms with E-state index < -0.39 is 0 Å². The molecule has 3 nitrogen and oxygen atoms in total. The molecule has 0 spiro atoms. The number of hydrogen-bond donors (Lipinski definition) is 1. The Hall–Kier alpha value is -1.68. The van der Waals surface area contributed by atoms with Crippen LogP contribution < -0.4 is 5.73 Å². The van der Waals surface area contributed by atoms with Gasteiger partial charge in [-0.2, -0.15) is 0 Å². The van der Waals surface area contributed by atoms with E-state index in [4.69, 9.17) is 5.73 Å². The molecule has 0 amide bonds. The summed E-state index contributed by atoms with van der Waals surface area (Å²) in [6, 6.07) is 5.14. The van der Waals surface area contributed by atoms with E-state index in [0.717, 1.165) is 17.0 Å². The van der Waals surface area contributed by atoms with Crippen LogP contribution in [-0.4, -0.2) is 9.55 Å². The molecule has 1 aromatic heterocycles. The summed E-state index contributed by atoms with van der Waals surface area (Å²) in [7, 11) is 0. The first-order valence-corrected chi connectivity index (χ1v) is 5.57. The first-order chi connectivity index (χ1) is 8.11. The van der Waals surface area contributed by atoms with E-state index >= 15 is 0 Å². The molecule has 0 fully saturated rings. The first kappa shape index (κ1) is 11.8. The molecule has 0 aliphatic rings. The average Bonchev–Trinajstić information content (AvgIpc) is 2.63. The second kappa shape index (κ2) is 4.67. The summed E-state index contributed by atoms with van der Waals surface area (Å²) in [5, 5.41) is 0. The number of halogens is 1. The molecular weight excluding hydrogens is 217 g/mol. The highest BCUT2D eigenvalue weighted by molar-refractivity contribution is 5.25. The lowest BCUT2D eigenvalue weighted by molar-refractivity contribution is 0.595. The summed E-state index contributed by atoms with van der Waals surface area (Å²) in [6.07, 6.45) is 1.74. The fraction of sp³-hybridized carbons (Fsp3) is 0.308. The van der Waals surface area contributed by atoms with Gasteiger partial charge in [-0.1, -0.05) is 12.1 Å². The minimum atomic E-state index is -0.210. The molecule has 1 heterocycles. The van der Waals surface area contributed by atoms with Gasteiger partial charge in [0.2, 0.25) is 0 Å². The number of aryl methyl sites for hydroxylation is 1. The molecule has 90 valence electrons. The average molecular weight is 233 g/mol. The van der Waals surface area contributed by atoms with Crippen molar-refractivity contribution in [3.05, 3.63) is 52.9 Å². The number of aromatic nitrogens is 2. The van der Waals surface area contributed by atoms with Gasteiger partial charge in [0, 0.05) is 17.8 Å². The Morgan fingerprint density at radius 2 is 2.12 bits per heavy atom. The summed E-state index contributed by atoms with van der Waals surface area (Å²) in [4.78, 5) is 4.20. The summed E-state index contributed by atoms with van der Waals surface area (Å²) < 4.78 is 15.7. The van der Waals surface area contributed by atoms with Gasteiger partial charge in [-0.3, -0.25) is 0 Å². The molecule has 2 aromatic rings. The molecule has 2 rings (SSSR count). The van der Waals surface area contributed by atoms with Crippen molar-refractivity contribution < 1.29 is 4.39 Å². The van der Waals surface area contributed by atoms with Crippen LogP contribution in [0.2, 0.25) is 0 Å². The van der Waals surface area contributed by atoms with Crippen molar-refractivity contribution >= 4 is 0 Å². The molecule has 0 unspecified atom stereocenters. The fourth-order valence-corrected chi connectivity index (χ4v) is 1.73. The maximum absolute atomic E-state index is 13.8. The number of imidazole rings is 1. The van der Waals surface area contributed by atoms with Gasteiger partial charge in [-0.15, -0.1) is 0 Å². The number of nitrogens with two attached hydrogens (primary N) is 1. The molecule has 0 saturated heterocycles. The van der Waals surface area contributed by atoms with Crippen LogP contribution in [0.4, 0.5) is 4.39 Å². The van der Waals surface area contributed by atoms with Crippen LogP contribution in [0.5, 0.6) is 0 Å². The van der Waals surface area contributed by atoms with Crippen molar-refractivity contribution in [2.45, 2.75) is 26.9 Å². The zero-order valence-corrected chi connectivity index (χ0v) is 10.1. The number of benzene rings is 1. The van der Waals surface area contributed by atoms with E-state index in [1.807, 2.05) is 24.5 Å². The van der Waals surface area contributed by atoms with Gasteiger partial charge < -0.3 is 10.3 Å². The summed E-state index contributed by atoms with van der Waals surface area (Å²) in [6.45, 7) is 4.79. The van der Waals surface area contributed by atoms with Gasteiger partial charge in [-0.05, 0) is 25.5 Å². The van der Waals surface area contributed by atoms with E-state index in [1.54, 1.807) is 12.4 Å². The molecule has 0 aliphatic heterocycles. The molecule has 1 aromatic carbocycles. The van der Waals surface area contributed by atoms with Crippen LogP contribution in [-0.2, 0) is 13.1 Å². The predicted molar refractivity (Wildman–Crippen MR) is 65.1 cm³/mol. The Morgan fingerprint density at radius 1 is 1.35 bits per heavy atom. The minimum absolute atomic E-state index is 0.210. The summed E-state index contributed by atoms with van der Waals surface area (Å²) in [5.41, 5.74) is 8.97. The van der Waals surface area contributed by atoms with Gasteiger partial charge in [-0.25, -0.2) is 9.37 Å². The maximum atomic E-state index is 13.8. The van der Waals surface area contributed by atoms with Crippen molar-refractivity contribution in [2.75, 3.05) is 0 Å². The van der Waals surface area contributed by atoms with E-state index in [1.165, 1.54) is 6.07 Å². The topological polar surface area (TPSA) is 43.8 Å². The van der Waals surface area contributed by atoms with Gasteiger partial charge in [0.05, 0.1) is 18.6 Å². The second-order valence-electron chi connectivity index (χ2n) is 4.17. The Morgan fingerprint density at radius 3 is 2.65 bits per heavy atom. The van der Waals surface area contributed by atoms with Gasteiger partial charge in [0.25, 0.3) is 0 Å². The Kier molecular flexibility index (Phi) is 3.24. The van der Waals surface area contributed by atoms with Gasteiger partial charge in [0.1, 0.15) is 5.82 Å². The van der Waals surface area contributed by atoms with E-state index in [-0.39, 0.29) is 5.82 Å². The van der Waals surface area contributed by atoms with Crippen molar-refractivity contribution in [2.24, 2.45) is 5.73 Å².